The number of nitrogens with zero attached hydrogens (tertiary/aromatic N) is 1. The summed E-state index contributed by atoms with van der Waals surface area (Å²) >= 11 is 13.5. The SMILES string of the molecule is COC(=O)c1ccc(NC(=O)[C@H](c2ccc(Cl)cc2Cl)N2CCOCC2)s1. The van der Waals surface area contributed by atoms with Crippen LogP contribution in [0.5, 0.6) is 0 Å². The van der Waals surface area contributed by atoms with Crippen LogP contribution in [-0.2, 0) is 14.3 Å². The van der Waals surface area contributed by atoms with Crippen LogP contribution in [0.1, 0.15) is 21.3 Å². The van der Waals surface area contributed by atoms with Gasteiger partial charge in [-0.2, -0.15) is 0 Å². The Hall–Kier alpha value is -1.64. The Kier molecular flexibility index (Phi) is 6.73. The highest BCUT2D eigenvalue weighted by atomic mass is 35.5. The highest BCUT2D eigenvalue weighted by Crippen LogP contribution is 2.32. The molecule has 1 N–H and O–H groups in total. The van der Waals surface area contributed by atoms with Crippen molar-refractivity contribution in [3.8, 4) is 0 Å². The highest BCUT2D eigenvalue weighted by Gasteiger charge is 2.31. The van der Waals surface area contributed by atoms with Crippen LogP contribution >= 0.6 is 34.5 Å². The van der Waals surface area contributed by atoms with Crippen LogP contribution in [0.2, 0.25) is 10.0 Å². The van der Waals surface area contributed by atoms with Crippen LogP contribution in [0.15, 0.2) is 30.3 Å². The van der Waals surface area contributed by atoms with Gasteiger partial charge >= 0.3 is 5.97 Å². The summed E-state index contributed by atoms with van der Waals surface area (Å²) in [6.07, 6.45) is 0. The second-order valence-electron chi connectivity index (χ2n) is 5.86. The Balaban J connectivity index is 1.86. The molecule has 1 aromatic heterocycles. The Morgan fingerprint density at radius 2 is 1.96 bits per heavy atom. The predicted molar refractivity (Wildman–Crippen MR) is 106 cm³/mol. The number of rotatable bonds is 5. The third-order valence-electron chi connectivity index (χ3n) is 4.16. The summed E-state index contributed by atoms with van der Waals surface area (Å²) in [5, 5.41) is 4.37. The van der Waals surface area contributed by atoms with Crippen LogP contribution in [0, 0.1) is 0 Å². The van der Waals surface area contributed by atoms with Crippen molar-refractivity contribution in [2.75, 3.05) is 38.7 Å². The van der Waals surface area contributed by atoms with E-state index in [1.54, 1.807) is 30.3 Å². The van der Waals surface area contributed by atoms with Crippen molar-refractivity contribution in [3.05, 3.63) is 50.8 Å². The molecule has 2 aromatic rings. The number of halogens is 2. The van der Waals surface area contributed by atoms with E-state index in [0.717, 1.165) is 11.3 Å². The topological polar surface area (TPSA) is 67.9 Å². The zero-order valence-electron chi connectivity index (χ0n) is 14.5. The molecule has 0 unspecified atom stereocenters. The maximum atomic E-state index is 13.1. The van der Waals surface area contributed by atoms with Gasteiger partial charge in [-0.05, 0) is 29.8 Å². The zero-order valence-corrected chi connectivity index (χ0v) is 16.9. The number of methoxy groups -OCH3 is 1. The van der Waals surface area contributed by atoms with E-state index in [0.29, 0.717) is 51.8 Å². The standard InChI is InChI=1S/C18H18Cl2N2O4S/c1-25-18(24)14-4-5-15(27-14)21-17(23)16(22-6-8-26-9-7-22)12-3-2-11(19)10-13(12)20/h2-5,10,16H,6-9H2,1H3,(H,21,23)/t16-/m0/s1. The summed E-state index contributed by atoms with van der Waals surface area (Å²) in [5.74, 6) is -0.676. The molecule has 3 rings (SSSR count). The summed E-state index contributed by atoms with van der Waals surface area (Å²) < 4.78 is 10.1. The first-order chi connectivity index (χ1) is 13.0. The maximum absolute atomic E-state index is 13.1. The molecule has 6 nitrogen and oxygen atoms in total. The number of carbonyl (C=O) groups excluding carboxylic acids is 2. The fourth-order valence-electron chi connectivity index (χ4n) is 2.87. The maximum Gasteiger partial charge on any atom is 0.348 e. The minimum Gasteiger partial charge on any atom is -0.465 e. The molecule has 9 heteroatoms. The van der Waals surface area contributed by atoms with Crippen LogP contribution in [-0.4, -0.2) is 50.2 Å². The molecule has 1 aromatic carbocycles. The van der Waals surface area contributed by atoms with Crippen molar-refractivity contribution < 1.29 is 19.1 Å². The number of amides is 1. The molecule has 0 saturated carbocycles. The van der Waals surface area contributed by atoms with Crippen LogP contribution in [0.4, 0.5) is 5.00 Å². The van der Waals surface area contributed by atoms with E-state index in [4.69, 9.17) is 32.7 Å². The smallest absolute Gasteiger partial charge is 0.348 e. The largest absolute Gasteiger partial charge is 0.465 e. The number of benzene rings is 1. The monoisotopic (exact) mass is 428 g/mol. The van der Waals surface area contributed by atoms with Crippen LogP contribution in [0.25, 0.3) is 0 Å². The lowest BCUT2D eigenvalue weighted by Gasteiger charge is -2.34. The van der Waals surface area contributed by atoms with Crippen LogP contribution < -0.4 is 5.32 Å². The Labute approximate surface area is 171 Å². The summed E-state index contributed by atoms with van der Waals surface area (Å²) in [7, 11) is 1.32. The Morgan fingerprint density at radius 1 is 1.22 bits per heavy atom. The minimum absolute atomic E-state index is 0.237. The molecule has 1 saturated heterocycles. The molecule has 0 aliphatic carbocycles. The average molecular weight is 429 g/mol. The van der Waals surface area contributed by atoms with Gasteiger partial charge in [0.2, 0.25) is 5.91 Å². The molecule has 1 aliphatic rings. The van der Waals surface area contributed by atoms with Crippen molar-refractivity contribution in [1.82, 2.24) is 4.90 Å². The van der Waals surface area contributed by atoms with E-state index in [9.17, 15) is 9.59 Å². The van der Waals surface area contributed by atoms with Gasteiger partial charge in [0, 0.05) is 23.1 Å². The van der Waals surface area contributed by atoms with E-state index >= 15 is 0 Å². The van der Waals surface area contributed by atoms with Crippen LogP contribution in [0.3, 0.4) is 0 Å². The van der Waals surface area contributed by atoms with E-state index in [-0.39, 0.29) is 5.91 Å². The molecule has 1 fully saturated rings. The molecule has 1 aliphatic heterocycles. The van der Waals surface area contributed by atoms with Gasteiger partial charge in [-0.3, -0.25) is 9.69 Å². The van der Waals surface area contributed by atoms with E-state index in [1.807, 2.05) is 4.90 Å². The first kappa shape index (κ1) is 20.1. The highest BCUT2D eigenvalue weighted by molar-refractivity contribution is 7.18. The van der Waals surface area contributed by atoms with Crippen molar-refractivity contribution in [2.45, 2.75) is 6.04 Å². The second kappa shape index (κ2) is 9.03. The molecular weight excluding hydrogens is 411 g/mol. The summed E-state index contributed by atoms with van der Waals surface area (Å²) in [5.41, 5.74) is 0.671. The first-order valence-electron chi connectivity index (χ1n) is 8.25. The van der Waals surface area contributed by atoms with Gasteiger partial charge in [-0.1, -0.05) is 29.3 Å². The molecule has 2 heterocycles. The van der Waals surface area contributed by atoms with Gasteiger partial charge in [0.05, 0.1) is 25.3 Å². The normalized spacial score (nSPS) is 16.0. The molecule has 0 bridgehead atoms. The quantitative estimate of drug-likeness (QED) is 0.732. The van der Waals surface area contributed by atoms with Crippen molar-refractivity contribution >= 4 is 51.4 Å². The Bertz CT molecular complexity index is 837. The number of nitrogens with one attached hydrogen (secondary N) is 1. The number of thiophene rings is 1. The van der Waals surface area contributed by atoms with Gasteiger partial charge in [0.15, 0.2) is 0 Å². The number of anilines is 1. The fourth-order valence-corrected chi connectivity index (χ4v) is 4.21. The van der Waals surface area contributed by atoms with Crippen molar-refractivity contribution in [3.63, 3.8) is 0 Å². The van der Waals surface area contributed by atoms with E-state index in [2.05, 4.69) is 5.32 Å². The number of hydrogen-bond acceptors (Lipinski definition) is 6. The van der Waals surface area contributed by atoms with Crippen molar-refractivity contribution in [1.29, 1.82) is 0 Å². The molecule has 27 heavy (non-hydrogen) atoms. The first-order valence-corrected chi connectivity index (χ1v) is 9.82. The van der Waals surface area contributed by atoms with E-state index in [1.165, 1.54) is 7.11 Å². The lowest BCUT2D eigenvalue weighted by atomic mass is 10.0. The van der Waals surface area contributed by atoms with Crippen molar-refractivity contribution in [2.24, 2.45) is 0 Å². The molecular formula is C18H18Cl2N2O4S. The molecule has 0 radical (unpaired) electrons. The lowest BCUT2D eigenvalue weighted by Crippen LogP contribution is -2.44. The summed E-state index contributed by atoms with van der Waals surface area (Å²) in [6.45, 7) is 2.30. The van der Waals surface area contributed by atoms with Gasteiger partial charge in [0.25, 0.3) is 0 Å². The second-order valence-corrected chi connectivity index (χ2v) is 7.79. The summed E-state index contributed by atoms with van der Waals surface area (Å²) in [6, 6.07) is 7.80. The molecule has 144 valence electrons. The minimum atomic E-state index is -0.595. The third-order valence-corrected chi connectivity index (χ3v) is 5.70. The number of esters is 1. The van der Waals surface area contributed by atoms with Gasteiger partial charge in [-0.25, -0.2) is 4.79 Å². The van der Waals surface area contributed by atoms with E-state index < -0.39 is 12.0 Å². The summed E-state index contributed by atoms with van der Waals surface area (Å²) in [4.78, 5) is 27.2. The average Bonchev–Trinajstić information content (AvgIpc) is 3.12. The lowest BCUT2D eigenvalue weighted by molar-refractivity contribution is -0.123. The molecule has 1 amide bonds. The fraction of sp³-hybridized carbons (Fsp3) is 0.333. The van der Waals surface area contributed by atoms with Gasteiger partial charge in [0.1, 0.15) is 10.9 Å². The molecule has 0 spiro atoms. The number of carbonyl (C=O) groups is 2. The zero-order chi connectivity index (χ0) is 19.4. The molecule has 1 atom stereocenters. The predicted octanol–water partition coefficient (Wildman–Crippen LogP) is 3.85. The Morgan fingerprint density at radius 3 is 2.63 bits per heavy atom. The third kappa shape index (κ3) is 4.80. The number of ether oxygens (including phenoxy) is 2. The number of hydrogen-bond donors (Lipinski definition) is 1. The van der Waals surface area contributed by atoms with Gasteiger partial charge in [-0.15, -0.1) is 11.3 Å². The number of morpholine rings is 1. The van der Waals surface area contributed by atoms with Gasteiger partial charge < -0.3 is 14.8 Å².